The van der Waals surface area contributed by atoms with E-state index in [4.69, 9.17) is 16.3 Å². The van der Waals surface area contributed by atoms with E-state index in [2.05, 4.69) is 0 Å². The lowest BCUT2D eigenvalue weighted by Gasteiger charge is -2.31. The zero-order chi connectivity index (χ0) is 24.0. The van der Waals surface area contributed by atoms with Gasteiger partial charge in [-0.25, -0.2) is 17.6 Å². The Bertz CT molecular complexity index is 1180. The first-order valence-electron chi connectivity index (χ1n) is 10.5. The van der Waals surface area contributed by atoms with E-state index in [1.165, 1.54) is 40.7 Å². The first-order chi connectivity index (χ1) is 15.8. The molecule has 33 heavy (non-hydrogen) atoms. The van der Waals surface area contributed by atoms with Gasteiger partial charge < -0.3 is 4.74 Å². The molecule has 3 aromatic carbocycles. The van der Waals surface area contributed by atoms with Crippen molar-refractivity contribution < 1.29 is 22.3 Å². The largest absolute Gasteiger partial charge is 0.462 e. The highest BCUT2D eigenvalue weighted by molar-refractivity contribution is 7.89. The Labute approximate surface area is 198 Å². The highest BCUT2D eigenvalue weighted by Gasteiger charge is 2.32. The van der Waals surface area contributed by atoms with Crippen LogP contribution in [0.25, 0.3) is 0 Å². The van der Waals surface area contributed by atoms with Crippen molar-refractivity contribution in [3.63, 3.8) is 0 Å². The van der Waals surface area contributed by atoms with Crippen LogP contribution in [0.1, 0.15) is 47.8 Å². The highest BCUT2D eigenvalue weighted by atomic mass is 35.5. The third kappa shape index (κ3) is 5.99. The summed E-state index contributed by atoms with van der Waals surface area (Å²) >= 11 is 5.95. The maximum absolute atomic E-state index is 13.7. The van der Waals surface area contributed by atoms with Gasteiger partial charge in [-0.15, -0.1) is 0 Å². The zero-order valence-electron chi connectivity index (χ0n) is 18.4. The van der Waals surface area contributed by atoms with Crippen molar-refractivity contribution in [2.75, 3.05) is 6.61 Å². The molecule has 0 amide bonds. The number of carbonyl (C=O) groups is 1. The molecule has 8 heteroatoms. The van der Waals surface area contributed by atoms with Crippen molar-refractivity contribution in [2.45, 2.75) is 37.8 Å². The summed E-state index contributed by atoms with van der Waals surface area (Å²) in [6, 6.07) is 17.9. The number of carbonyl (C=O) groups excluding carboxylic acids is 1. The summed E-state index contributed by atoms with van der Waals surface area (Å²) < 4.78 is 47.3. The second-order valence-electron chi connectivity index (χ2n) is 7.40. The summed E-state index contributed by atoms with van der Waals surface area (Å²) in [6.07, 6.45) is 0.472. The lowest BCUT2D eigenvalue weighted by Crippen LogP contribution is -2.34. The van der Waals surface area contributed by atoms with E-state index >= 15 is 0 Å². The fourth-order valence-electron chi connectivity index (χ4n) is 3.54. The Morgan fingerprint density at radius 1 is 0.970 bits per heavy atom. The maximum atomic E-state index is 13.7. The van der Waals surface area contributed by atoms with Gasteiger partial charge in [0.15, 0.2) is 0 Å². The van der Waals surface area contributed by atoms with Crippen LogP contribution in [0.4, 0.5) is 4.39 Å². The molecular weight excluding hydrogens is 465 g/mol. The zero-order valence-corrected chi connectivity index (χ0v) is 19.9. The minimum Gasteiger partial charge on any atom is -0.462 e. The Morgan fingerprint density at radius 3 is 2.12 bits per heavy atom. The van der Waals surface area contributed by atoms with E-state index < -0.39 is 27.9 Å². The van der Waals surface area contributed by atoms with Crippen LogP contribution in [0.3, 0.4) is 0 Å². The minimum absolute atomic E-state index is 0.0595. The lowest BCUT2D eigenvalue weighted by molar-refractivity contribution is 0.0526. The van der Waals surface area contributed by atoms with Crippen molar-refractivity contribution in [2.24, 2.45) is 0 Å². The van der Waals surface area contributed by atoms with E-state index in [1.807, 2.05) is 6.92 Å². The van der Waals surface area contributed by atoms with Gasteiger partial charge in [-0.05, 0) is 73.0 Å². The third-order valence-corrected chi connectivity index (χ3v) is 7.33. The second-order valence-corrected chi connectivity index (χ2v) is 9.72. The molecule has 0 radical (unpaired) electrons. The summed E-state index contributed by atoms with van der Waals surface area (Å²) in [5, 5.41) is 0.431. The van der Waals surface area contributed by atoms with Crippen molar-refractivity contribution >= 4 is 27.6 Å². The molecule has 0 aliphatic rings. The maximum Gasteiger partial charge on any atom is 0.338 e. The molecule has 174 valence electrons. The van der Waals surface area contributed by atoms with Gasteiger partial charge in [0.25, 0.3) is 0 Å². The van der Waals surface area contributed by atoms with Crippen LogP contribution in [-0.4, -0.2) is 25.3 Å². The number of hydrogen-bond acceptors (Lipinski definition) is 4. The van der Waals surface area contributed by atoms with Crippen LogP contribution < -0.4 is 0 Å². The summed E-state index contributed by atoms with van der Waals surface area (Å²) in [5.41, 5.74) is 1.76. The van der Waals surface area contributed by atoms with Gasteiger partial charge in [0.2, 0.25) is 10.0 Å². The number of ether oxygens (including phenoxy) is 1. The van der Waals surface area contributed by atoms with Gasteiger partial charge in [0, 0.05) is 11.6 Å². The van der Waals surface area contributed by atoms with Gasteiger partial charge in [0.05, 0.1) is 23.1 Å². The van der Waals surface area contributed by atoms with Crippen molar-refractivity contribution in [3.05, 3.63) is 100 Å². The van der Waals surface area contributed by atoms with E-state index in [9.17, 15) is 17.6 Å². The van der Waals surface area contributed by atoms with Crippen LogP contribution in [0.15, 0.2) is 77.7 Å². The fourth-order valence-corrected chi connectivity index (χ4v) is 5.34. The monoisotopic (exact) mass is 489 g/mol. The molecule has 0 heterocycles. The van der Waals surface area contributed by atoms with E-state index in [0.29, 0.717) is 28.1 Å². The van der Waals surface area contributed by atoms with Crippen LogP contribution in [-0.2, 0) is 21.3 Å². The average molecular weight is 490 g/mol. The highest BCUT2D eigenvalue weighted by Crippen LogP contribution is 2.32. The number of esters is 1. The predicted molar refractivity (Wildman–Crippen MR) is 126 cm³/mol. The van der Waals surface area contributed by atoms with E-state index in [1.54, 1.807) is 43.3 Å². The molecule has 0 spiro atoms. The Kier molecular flexibility index (Phi) is 8.24. The summed E-state index contributed by atoms with van der Waals surface area (Å²) in [6.45, 7) is 3.93. The van der Waals surface area contributed by atoms with Gasteiger partial charge in [-0.2, -0.15) is 4.31 Å². The number of halogens is 2. The van der Waals surface area contributed by atoms with Crippen LogP contribution in [0.5, 0.6) is 0 Å². The SMILES string of the molecule is CCOC(=O)c1ccc(CN(C(CC)c2ccc(F)cc2)S(=O)(=O)c2ccc(Cl)cc2)cc1. The Balaban J connectivity index is 2.02. The Hall–Kier alpha value is -2.74. The molecule has 5 nitrogen and oxygen atoms in total. The number of sulfonamides is 1. The van der Waals surface area contributed by atoms with Crippen LogP contribution >= 0.6 is 11.6 Å². The molecule has 0 aromatic heterocycles. The normalized spacial score (nSPS) is 12.5. The predicted octanol–water partition coefficient (Wildman–Crippen LogP) is 6.00. The number of nitrogens with zero attached hydrogens (tertiary/aromatic N) is 1. The molecule has 0 aliphatic carbocycles. The topological polar surface area (TPSA) is 63.7 Å². The van der Waals surface area contributed by atoms with Gasteiger partial charge in [0.1, 0.15) is 5.82 Å². The first-order valence-corrected chi connectivity index (χ1v) is 12.4. The standard InChI is InChI=1S/C25H25ClFNO4S/c1-3-24(19-9-13-22(27)14-10-19)28(33(30,31)23-15-11-21(26)12-16-23)17-18-5-7-20(8-6-18)25(29)32-4-2/h5-16,24H,3-4,17H2,1-2H3. The molecule has 0 aliphatic heterocycles. The smallest absolute Gasteiger partial charge is 0.338 e. The molecule has 0 saturated heterocycles. The van der Waals surface area contributed by atoms with Crippen LogP contribution in [0.2, 0.25) is 5.02 Å². The number of benzene rings is 3. The van der Waals surface area contributed by atoms with Crippen molar-refractivity contribution in [3.8, 4) is 0 Å². The molecule has 0 bridgehead atoms. The van der Waals surface area contributed by atoms with Crippen molar-refractivity contribution in [1.29, 1.82) is 0 Å². The van der Waals surface area contributed by atoms with Gasteiger partial charge >= 0.3 is 5.97 Å². The number of rotatable bonds is 9. The second kappa shape index (κ2) is 10.9. The van der Waals surface area contributed by atoms with Crippen LogP contribution in [0, 0.1) is 5.82 Å². The molecule has 1 unspecified atom stereocenters. The molecule has 3 rings (SSSR count). The molecular formula is C25H25ClFNO4S. The van der Waals surface area contributed by atoms with Gasteiger partial charge in [-0.3, -0.25) is 0 Å². The molecule has 0 saturated carbocycles. The van der Waals surface area contributed by atoms with Gasteiger partial charge in [-0.1, -0.05) is 42.8 Å². The lowest BCUT2D eigenvalue weighted by atomic mass is 10.0. The molecule has 1 atom stereocenters. The molecule has 0 N–H and O–H groups in total. The summed E-state index contributed by atoms with van der Waals surface area (Å²) in [7, 11) is -3.93. The average Bonchev–Trinajstić information content (AvgIpc) is 2.81. The number of hydrogen-bond donors (Lipinski definition) is 0. The Morgan fingerprint density at radius 2 is 1.58 bits per heavy atom. The first kappa shape index (κ1) is 24.9. The minimum atomic E-state index is -3.93. The fraction of sp³-hybridized carbons (Fsp3) is 0.240. The summed E-state index contributed by atoms with van der Waals surface area (Å²) in [4.78, 5) is 12.1. The summed E-state index contributed by atoms with van der Waals surface area (Å²) in [5.74, 6) is -0.831. The molecule has 0 fully saturated rings. The third-order valence-electron chi connectivity index (χ3n) is 5.21. The molecule has 3 aromatic rings. The quantitative estimate of drug-likeness (QED) is 0.346. The van der Waals surface area contributed by atoms with E-state index in [-0.39, 0.29) is 18.0 Å². The van der Waals surface area contributed by atoms with Crippen molar-refractivity contribution in [1.82, 2.24) is 4.31 Å². The van der Waals surface area contributed by atoms with E-state index in [0.717, 1.165) is 0 Å².